The Kier molecular flexibility index (Phi) is 4.90. The molecule has 1 saturated carbocycles. The minimum absolute atomic E-state index is 0.171. The van der Waals surface area contributed by atoms with Gasteiger partial charge in [-0.15, -0.1) is 0 Å². The molecule has 3 heteroatoms. The Balaban J connectivity index is 1.95. The summed E-state index contributed by atoms with van der Waals surface area (Å²) in [6, 6.07) is 0. The van der Waals surface area contributed by atoms with Crippen LogP contribution in [0, 0.1) is 11.8 Å². The van der Waals surface area contributed by atoms with E-state index in [1.165, 1.54) is 5.56 Å². The number of carbonyl (C=O) groups excluding carboxylic acids is 1. The van der Waals surface area contributed by atoms with Crippen molar-refractivity contribution in [2.75, 3.05) is 0 Å². The topological polar surface area (TPSA) is 42.9 Å². The number of rotatable bonds is 4. The van der Waals surface area contributed by atoms with Gasteiger partial charge in [0.25, 0.3) is 0 Å². The molecule has 0 N–H and O–H groups in total. The van der Waals surface area contributed by atoms with Crippen molar-refractivity contribution in [3.8, 4) is 0 Å². The van der Waals surface area contributed by atoms with Gasteiger partial charge in [0, 0.05) is 30.1 Å². The molecule has 1 aliphatic carbocycles. The molecule has 1 heterocycles. The van der Waals surface area contributed by atoms with Crippen molar-refractivity contribution >= 4 is 5.78 Å². The number of ketones is 1. The molecule has 0 aliphatic heterocycles. The summed E-state index contributed by atoms with van der Waals surface area (Å²) >= 11 is 0. The zero-order valence-corrected chi connectivity index (χ0v) is 13.1. The number of Topliss-reactive ketones (excluding diaryl/α,β-unsaturated/α-hetero) is 1. The van der Waals surface area contributed by atoms with Crippen LogP contribution in [-0.2, 0) is 4.79 Å². The summed E-state index contributed by atoms with van der Waals surface area (Å²) in [5, 5.41) is 0. The molecular weight excluding hydrogens is 248 g/mol. The Hall–Kier alpha value is -1.25. The van der Waals surface area contributed by atoms with Crippen molar-refractivity contribution < 1.29 is 4.79 Å². The molecule has 0 atom stereocenters. The van der Waals surface area contributed by atoms with Crippen LogP contribution in [0.1, 0.15) is 76.6 Å². The lowest BCUT2D eigenvalue weighted by atomic mass is 9.76. The lowest BCUT2D eigenvalue weighted by Gasteiger charge is -2.28. The Labute approximate surface area is 122 Å². The molecule has 0 aromatic carbocycles. The molecule has 0 spiro atoms. The van der Waals surface area contributed by atoms with Crippen LogP contribution < -0.4 is 0 Å². The predicted octanol–water partition coefficient (Wildman–Crippen LogP) is 4.10. The summed E-state index contributed by atoms with van der Waals surface area (Å²) in [7, 11) is 0. The van der Waals surface area contributed by atoms with E-state index in [2.05, 4.69) is 23.8 Å². The molecule has 1 aliphatic rings. The van der Waals surface area contributed by atoms with Gasteiger partial charge in [-0.1, -0.05) is 27.7 Å². The first kappa shape index (κ1) is 15.1. The molecule has 0 unspecified atom stereocenters. The first-order valence-electron chi connectivity index (χ1n) is 7.84. The van der Waals surface area contributed by atoms with Crippen LogP contribution in [0.25, 0.3) is 0 Å². The summed E-state index contributed by atoms with van der Waals surface area (Å²) in [6.07, 6.45) is 8.19. The second kappa shape index (κ2) is 6.47. The largest absolute Gasteiger partial charge is 0.299 e. The van der Waals surface area contributed by atoms with Crippen molar-refractivity contribution in [2.45, 2.75) is 65.2 Å². The molecule has 0 saturated heterocycles. The van der Waals surface area contributed by atoms with Crippen LogP contribution in [0.4, 0.5) is 0 Å². The van der Waals surface area contributed by atoms with Crippen molar-refractivity contribution in [1.82, 2.24) is 9.97 Å². The number of hydrogen-bond donors (Lipinski definition) is 0. The molecule has 0 bridgehead atoms. The second-order valence-electron chi connectivity index (χ2n) is 6.63. The van der Waals surface area contributed by atoms with Crippen molar-refractivity contribution in [3.63, 3.8) is 0 Å². The third-order valence-corrected chi connectivity index (χ3v) is 4.38. The first-order chi connectivity index (χ1) is 9.49. The van der Waals surface area contributed by atoms with Crippen LogP contribution in [0.15, 0.2) is 12.4 Å². The van der Waals surface area contributed by atoms with Crippen LogP contribution in [-0.4, -0.2) is 15.8 Å². The van der Waals surface area contributed by atoms with E-state index in [0.29, 0.717) is 17.6 Å². The highest BCUT2D eigenvalue weighted by Crippen LogP contribution is 2.36. The van der Waals surface area contributed by atoms with Crippen LogP contribution >= 0.6 is 0 Å². The molecule has 20 heavy (non-hydrogen) atoms. The van der Waals surface area contributed by atoms with Crippen molar-refractivity contribution in [2.24, 2.45) is 11.8 Å². The molecule has 3 nitrogen and oxygen atoms in total. The highest BCUT2D eigenvalue weighted by atomic mass is 16.1. The van der Waals surface area contributed by atoms with Gasteiger partial charge in [0.2, 0.25) is 0 Å². The normalized spacial score (nSPS) is 23.3. The lowest BCUT2D eigenvalue weighted by molar-refractivity contribution is -0.126. The zero-order chi connectivity index (χ0) is 14.7. The maximum atomic E-state index is 12.0. The lowest BCUT2D eigenvalue weighted by Crippen LogP contribution is -2.24. The monoisotopic (exact) mass is 274 g/mol. The van der Waals surface area contributed by atoms with E-state index in [1.54, 1.807) is 0 Å². The van der Waals surface area contributed by atoms with Gasteiger partial charge in [-0.05, 0) is 37.2 Å². The Morgan fingerprint density at radius 3 is 2.05 bits per heavy atom. The van der Waals surface area contributed by atoms with Gasteiger partial charge in [-0.3, -0.25) is 4.79 Å². The number of hydrogen-bond acceptors (Lipinski definition) is 3. The van der Waals surface area contributed by atoms with E-state index in [-0.39, 0.29) is 11.8 Å². The van der Waals surface area contributed by atoms with Gasteiger partial charge in [0.05, 0.1) is 0 Å². The molecule has 1 fully saturated rings. The molecule has 2 rings (SSSR count). The van der Waals surface area contributed by atoms with Gasteiger partial charge < -0.3 is 0 Å². The maximum absolute atomic E-state index is 12.0. The highest BCUT2D eigenvalue weighted by Gasteiger charge is 2.28. The van der Waals surface area contributed by atoms with Gasteiger partial charge in [0.15, 0.2) is 0 Å². The SMILES string of the molecule is CC(C)c1ncc([C@H]2CC[C@@H](C(=O)C(C)C)CC2)cn1. The third-order valence-electron chi connectivity index (χ3n) is 4.38. The highest BCUT2D eigenvalue weighted by molar-refractivity contribution is 5.82. The van der Waals surface area contributed by atoms with E-state index in [4.69, 9.17) is 0 Å². The van der Waals surface area contributed by atoms with E-state index >= 15 is 0 Å². The van der Waals surface area contributed by atoms with Gasteiger partial charge in [0.1, 0.15) is 11.6 Å². The molecule has 0 radical (unpaired) electrons. The number of nitrogens with zero attached hydrogens (tertiary/aromatic N) is 2. The molecule has 110 valence electrons. The van der Waals surface area contributed by atoms with E-state index in [9.17, 15) is 4.79 Å². The minimum atomic E-state index is 0.171. The fourth-order valence-corrected chi connectivity index (χ4v) is 3.04. The summed E-state index contributed by atoms with van der Waals surface area (Å²) in [6.45, 7) is 8.23. The quantitative estimate of drug-likeness (QED) is 0.830. The molecular formula is C17H26N2O. The average molecular weight is 274 g/mol. The summed E-state index contributed by atoms with van der Waals surface area (Å²) < 4.78 is 0. The summed E-state index contributed by atoms with van der Waals surface area (Å²) in [4.78, 5) is 21.0. The van der Waals surface area contributed by atoms with Crippen molar-refractivity contribution in [1.29, 1.82) is 0 Å². The molecule has 1 aromatic heterocycles. The maximum Gasteiger partial charge on any atom is 0.138 e. The first-order valence-corrected chi connectivity index (χ1v) is 7.84. The van der Waals surface area contributed by atoms with Crippen LogP contribution in [0.3, 0.4) is 0 Å². The number of carbonyl (C=O) groups is 1. The summed E-state index contributed by atoms with van der Waals surface area (Å²) in [5.41, 5.74) is 1.24. The fourth-order valence-electron chi connectivity index (χ4n) is 3.04. The Bertz CT molecular complexity index is 443. The van der Waals surface area contributed by atoms with E-state index in [1.807, 2.05) is 26.2 Å². The molecule has 1 aromatic rings. The fraction of sp³-hybridized carbons (Fsp3) is 0.706. The van der Waals surface area contributed by atoms with E-state index < -0.39 is 0 Å². The smallest absolute Gasteiger partial charge is 0.138 e. The van der Waals surface area contributed by atoms with E-state index in [0.717, 1.165) is 31.5 Å². The third kappa shape index (κ3) is 3.44. The van der Waals surface area contributed by atoms with Gasteiger partial charge in [-0.2, -0.15) is 0 Å². The Morgan fingerprint density at radius 1 is 1.05 bits per heavy atom. The van der Waals surface area contributed by atoms with Crippen molar-refractivity contribution in [3.05, 3.63) is 23.8 Å². The zero-order valence-electron chi connectivity index (χ0n) is 13.1. The molecule has 0 amide bonds. The second-order valence-corrected chi connectivity index (χ2v) is 6.63. The standard InChI is InChI=1S/C17H26N2O/c1-11(2)16(20)14-7-5-13(6-8-14)15-9-18-17(12(3)4)19-10-15/h9-14H,5-8H2,1-4H3/t13-,14+. The van der Waals surface area contributed by atoms with Crippen LogP contribution in [0.2, 0.25) is 0 Å². The number of aromatic nitrogens is 2. The van der Waals surface area contributed by atoms with Gasteiger partial charge in [-0.25, -0.2) is 9.97 Å². The van der Waals surface area contributed by atoms with Crippen LogP contribution in [0.5, 0.6) is 0 Å². The van der Waals surface area contributed by atoms with Gasteiger partial charge >= 0.3 is 0 Å². The summed E-state index contributed by atoms with van der Waals surface area (Å²) in [5.74, 6) is 2.72. The minimum Gasteiger partial charge on any atom is -0.299 e. The predicted molar refractivity (Wildman–Crippen MR) is 80.7 cm³/mol. The Morgan fingerprint density at radius 2 is 1.60 bits per heavy atom. The average Bonchev–Trinajstić information content (AvgIpc) is 2.46.